The van der Waals surface area contributed by atoms with Gasteiger partial charge in [-0.15, -0.1) is 22.7 Å². The third-order valence-corrected chi connectivity index (χ3v) is 8.19. The molecule has 0 fully saturated rings. The summed E-state index contributed by atoms with van der Waals surface area (Å²) in [5, 5.41) is 5.92. The SMILES string of the molecule is COC(=O)c1c(NC(=S)NNC(=O)c2csc3c2CCCC3)sc2c1CCC(C)C2. The lowest BCUT2D eigenvalue weighted by Gasteiger charge is -2.18. The van der Waals surface area contributed by atoms with Crippen LogP contribution in [0.1, 0.15) is 67.8 Å². The number of carbonyl (C=O) groups is 2. The van der Waals surface area contributed by atoms with Crippen LogP contribution in [0.25, 0.3) is 0 Å². The lowest BCUT2D eigenvalue weighted by molar-refractivity contribution is 0.0600. The third-order valence-electron chi connectivity index (χ3n) is 5.72. The van der Waals surface area contributed by atoms with E-state index in [2.05, 4.69) is 23.1 Å². The largest absolute Gasteiger partial charge is 0.465 e. The number of amides is 1. The van der Waals surface area contributed by atoms with E-state index in [9.17, 15) is 9.59 Å². The van der Waals surface area contributed by atoms with Crippen LogP contribution in [-0.4, -0.2) is 24.1 Å². The van der Waals surface area contributed by atoms with Crippen molar-refractivity contribution >= 4 is 56.9 Å². The summed E-state index contributed by atoms with van der Waals surface area (Å²) in [6.45, 7) is 2.22. The predicted molar refractivity (Wildman–Crippen MR) is 125 cm³/mol. The van der Waals surface area contributed by atoms with Crippen LogP contribution in [-0.2, 0) is 30.4 Å². The number of fused-ring (bicyclic) bond motifs is 2. The van der Waals surface area contributed by atoms with E-state index >= 15 is 0 Å². The molecule has 0 aromatic carbocycles. The van der Waals surface area contributed by atoms with E-state index < -0.39 is 0 Å². The Hall–Kier alpha value is -1.97. The Morgan fingerprint density at radius 1 is 1.13 bits per heavy atom. The number of nitrogens with one attached hydrogen (secondary N) is 3. The third kappa shape index (κ3) is 4.24. The van der Waals surface area contributed by atoms with Crippen LogP contribution >= 0.6 is 34.9 Å². The fourth-order valence-corrected chi connectivity index (χ4v) is 6.90. The predicted octanol–water partition coefficient (Wildman–Crippen LogP) is 4.23. The molecule has 0 spiro atoms. The van der Waals surface area contributed by atoms with Gasteiger partial charge in [-0.3, -0.25) is 15.6 Å². The number of thiophene rings is 2. The molecule has 1 atom stereocenters. The Kier molecular flexibility index (Phi) is 6.40. The molecule has 2 aromatic heterocycles. The number of rotatable bonds is 3. The number of hydrogen-bond donors (Lipinski definition) is 3. The molecule has 0 radical (unpaired) electrons. The van der Waals surface area contributed by atoms with Crippen molar-refractivity contribution in [3.05, 3.63) is 37.4 Å². The molecular weight excluding hydrogens is 438 g/mol. The first-order valence-electron chi connectivity index (χ1n) is 10.2. The Bertz CT molecular complexity index is 995. The molecule has 0 aliphatic heterocycles. The zero-order valence-electron chi connectivity index (χ0n) is 17.1. The Labute approximate surface area is 189 Å². The van der Waals surface area contributed by atoms with Crippen LogP contribution in [0.15, 0.2) is 5.38 Å². The molecule has 0 bridgehead atoms. The van der Waals surface area contributed by atoms with Gasteiger partial charge in [0.05, 0.1) is 18.2 Å². The molecule has 1 unspecified atom stereocenters. The number of thiocarbonyl (C=S) groups is 1. The quantitative estimate of drug-likeness (QED) is 0.359. The number of ether oxygens (including phenoxy) is 1. The van der Waals surface area contributed by atoms with Gasteiger partial charge >= 0.3 is 5.97 Å². The van der Waals surface area contributed by atoms with Crippen molar-refractivity contribution in [2.75, 3.05) is 12.4 Å². The summed E-state index contributed by atoms with van der Waals surface area (Å²) in [5.41, 5.74) is 8.98. The first-order valence-corrected chi connectivity index (χ1v) is 12.3. The van der Waals surface area contributed by atoms with Crippen molar-refractivity contribution < 1.29 is 14.3 Å². The van der Waals surface area contributed by atoms with E-state index in [0.717, 1.165) is 55.2 Å². The van der Waals surface area contributed by atoms with Crippen LogP contribution in [0, 0.1) is 5.92 Å². The zero-order valence-corrected chi connectivity index (χ0v) is 19.5. The summed E-state index contributed by atoms with van der Waals surface area (Å²) < 4.78 is 5.01. The van der Waals surface area contributed by atoms with Crippen LogP contribution in [0.2, 0.25) is 0 Å². The summed E-state index contributed by atoms with van der Waals surface area (Å²) in [4.78, 5) is 27.5. The normalized spacial score (nSPS) is 17.5. The second kappa shape index (κ2) is 9.03. The molecule has 1 amide bonds. The van der Waals surface area contributed by atoms with Crippen molar-refractivity contribution in [2.24, 2.45) is 5.92 Å². The van der Waals surface area contributed by atoms with E-state index in [0.29, 0.717) is 16.5 Å². The maximum atomic E-state index is 12.6. The average Bonchev–Trinajstić information content (AvgIpc) is 3.32. The number of aryl methyl sites for hydroxylation is 1. The van der Waals surface area contributed by atoms with E-state index in [-0.39, 0.29) is 17.0 Å². The van der Waals surface area contributed by atoms with Gasteiger partial charge in [-0.1, -0.05) is 6.92 Å². The minimum atomic E-state index is -0.360. The molecule has 160 valence electrons. The van der Waals surface area contributed by atoms with Gasteiger partial charge in [0.25, 0.3) is 5.91 Å². The number of anilines is 1. The molecule has 4 rings (SSSR count). The van der Waals surface area contributed by atoms with Gasteiger partial charge in [-0.25, -0.2) is 4.79 Å². The second-order valence-corrected chi connectivity index (χ2v) is 10.3. The lowest BCUT2D eigenvalue weighted by atomic mass is 9.88. The van der Waals surface area contributed by atoms with E-state index in [1.165, 1.54) is 34.6 Å². The smallest absolute Gasteiger partial charge is 0.341 e. The summed E-state index contributed by atoms with van der Waals surface area (Å²) in [7, 11) is 1.39. The van der Waals surface area contributed by atoms with Crippen molar-refractivity contribution in [1.82, 2.24) is 10.9 Å². The Balaban J connectivity index is 1.43. The van der Waals surface area contributed by atoms with Crippen LogP contribution in [0.3, 0.4) is 0 Å². The molecule has 2 aliphatic rings. The van der Waals surface area contributed by atoms with Crippen LogP contribution in [0.4, 0.5) is 5.00 Å². The van der Waals surface area contributed by atoms with E-state index in [1.54, 1.807) is 11.3 Å². The molecule has 0 saturated carbocycles. The van der Waals surface area contributed by atoms with E-state index in [1.807, 2.05) is 5.38 Å². The molecule has 2 aromatic rings. The number of hydrogen-bond acceptors (Lipinski definition) is 6. The zero-order chi connectivity index (χ0) is 21.3. The van der Waals surface area contributed by atoms with Crippen molar-refractivity contribution in [1.29, 1.82) is 0 Å². The number of methoxy groups -OCH3 is 1. The number of hydrazine groups is 1. The van der Waals surface area contributed by atoms with Crippen molar-refractivity contribution in [3.8, 4) is 0 Å². The second-order valence-electron chi connectivity index (χ2n) is 7.84. The summed E-state index contributed by atoms with van der Waals surface area (Å²) in [6.07, 6.45) is 7.18. The molecule has 3 N–H and O–H groups in total. The Morgan fingerprint density at radius 2 is 1.93 bits per heavy atom. The molecule has 6 nitrogen and oxygen atoms in total. The van der Waals surface area contributed by atoms with Gasteiger partial charge in [-0.2, -0.15) is 0 Å². The fourth-order valence-electron chi connectivity index (χ4n) is 4.16. The fraction of sp³-hybridized carbons (Fsp3) is 0.476. The number of carbonyl (C=O) groups excluding carboxylic acids is 2. The van der Waals surface area contributed by atoms with Gasteiger partial charge in [0.1, 0.15) is 5.00 Å². The van der Waals surface area contributed by atoms with Crippen LogP contribution in [0.5, 0.6) is 0 Å². The van der Waals surface area contributed by atoms with Gasteiger partial charge in [0.2, 0.25) is 0 Å². The van der Waals surface area contributed by atoms with Gasteiger partial charge in [0.15, 0.2) is 5.11 Å². The first-order chi connectivity index (χ1) is 14.5. The monoisotopic (exact) mass is 463 g/mol. The highest BCUT2D eigenvalue weighted by molar-refractivity contribution is 7.80. The maximum Gasteiger partial charge on any atom is 0.341 e. The van der Waals surface area contributed by atoms with Gasteiger partial charge < -0.3 is 10.1 Å². The molecule has 2 aliphatic carbocycles. The first kappa shape index (κ1) is 21.3. The minimum absolute atomic E-state index is 0.189. The molecule has 30 heavy (non-hydrogen) atoms. The Morgan fingerprint density at radius 3 is 2.73 bits per heavy atom. The standard InChI is InChI=1S/C21H25N3O3S3/c1-11-7-8-13-16(9-11)30-19(17(13)20(26)27-2)22-21(28)24-23-18(25)14-10-29-15-6-4-3-5-12(14)15/h10-11H,3-9H2,1-2H3,(H,23,25)(H2,22,24,28). The minimum Gasteiger partial charge on any atom is -0.465 e. The molecule has 0 saturated heterocycles. The van der Waals surface area contributed by atoms with Gasteiger partial charge in [0, 0.05) is 15.1 Å². The number of esters is 1. The highest BCUT2D eigenvalue weighted by atomic mass is 32.1. The van der Waals surface area contributed by atoms with Crippen molar-refractivity contribution in [3.63, 3.8) is 0 Å². The lowest BCUT2D eigenvalue weighted by Crippen LogP contribution is -2.44. The highest BCUT2D eigenvalue weighted by Gasteiger charge is 2.28. The van der Waals surface area contributed by atoms with E-state index in [4.69, 9.17) is 17.0 Å². The van der Waals surface area contributed by atoms with Crippen molar-refractivity contribution in [2.45, 2.75) is 51.9 Å². The highest BCUT2D eigenvalue weighted by Crippen LogP contribution is 2.40. The van der Waals surface area contributed by atoms with Gasteiger partial charge in [-0.05, 0) is 74.2 Å². The summed E-state index contributed by atoms with van der Waals surface area (Å²) in [5.74, 6) is 0.0442. The molecule has 2 heterocycles. The van der Waals surface area contributed by atoms with Crippen LogP contribution < -0.4 is 16.2 Å². The maximum absolute atomic E-state index is 12.6. The average molecular weight is 464 g/mol. The summed E-state index contributed by atoms with van der Waals surface area (Å²) in [6, 6.07) is 0. The summed E-state index contributed by atoms with van der Waals surface area (Å²) >= 11 is 8.56. The topological polar surface area (TPSA) is 79.5 Å². The molecular formula is C21H25N3O3S3. The molecule has 9 heteroatoms.